The van der Waals surface area contributed by atoms with Crippen molar-refractivity contribution < 1.29 is 23.4 Å². The number of nitrogens with zero attached hydrogens (tertiary/aromatic N) is 1. The van der Waals surface area contributed by atoms with E-state index < -0.39 is 11.8 Å². The van der Waals surface area contributed by atoms with Crippen LogP contribution in [0.5, 0.6) is 11.5 Å². The lowest BCUT2D eigenvalue weighted by Gasteiger charge is -2.36. The van der Waals surface area contributed by atoms with Crippen LogP contribution in [0, 0.1) is 0 Å². The van der Waals surface area contributed by atoms with Gasteiger partial charge in [-0.2, -0.15) is 0 Å². The van der Waals surface area contributed by atoms with Gasteiger partial charge in [-0.3, -0.25) is 0 Å². The highest BCUT2D eigenvalue weighted by Crippen LogP contribution is 2.41. The highest BCUT2D eigenvalue weighted by Gasteiger charge is 2.42. The maximum atomic E-state index is 15.3. The Morgan fingerprint density at radius 1 is 1.09 bits per heavy atom. The Morgan fingerprint density at radius 2 is 1.75 bits per heavy atom. The number of methoxy groups -OCH3 is 2. The molecule has 6 nitrogen and oxygen atoms in total. The van der Waals surface area contributed by atoms with Crippen LogP contribution >= 0.6 is 0 Å². The zero-order chi connectivity index (χ0) is 22.6. The molecule has 0 bridgehead atoms. The predicted molar refractivity (Wildman–Crippen MR) is 120 cm³/mol. The molecule has 7 heteroatoms. The minimum absolute atomic E-state index is 0.105. The molecular formula is C25H31FN2O4. The largest absolute Gasteiger partial charge is 0.497 e. The fraction of sp³-hybridized carbons (Fsp3) is 0.480. The van der Waals surface area contributed by atoms with Gasteiger partial charge in [-0.15, -0.1) is 0 Å². The van der Waals surface area contributed by atoms with Crippen molar-refractivity contribution in [3.05, 3.63) is 59.7 Å². The van der Waals surface area contributed by atoms with Crippen molar-refractivity contribution in [1.29, 1.82) is 0 Å². The van der Waals surface area contributed by atoms with Gasteiger partial charge in [-0.05, 0) is 29.7 Å². The number of likely N-dealkylation sites (tertiary alicyclic amines) is 1. The summed E-state index contributed by atoms with van der Waals surface area (Å²) in [6, 6.07) is 16.0. The molecule has 2 atom stereocenters. The average molecular weight is 443 g/mol. The van der Waals surface area contributed by atoms with E-state index in [1.165, 1.54) is 5.56 Å². The summed E-state index contributed by atoms with van der Waals surface area (Å²) in [7, 11) is 3.14. The van der Waals surface area contributed by atoms with Crippen LogP contribution in [-0.4, -0.2) is 56.6 Å². The zero-order valence-electron chi connectivity index (χ0n) is 18.7. The molecule has 0 aromatic heterocycles. The van der Waals surface area contributed by atoms with Gasteiger partial charge in [0, 0.05) is 50.5 Å². The van der Waals surface area contributed by atoms with E-state index in [1.807, 2.05) is 18.2 Å². The number of halogens is 1. The third kappa shape index (κ3) is 5.51. The molecule has 0 spiro atoms. The second-order valence-electron chi connectivity index (χ2n) is 8.65. The van der Waals surface area contributed by atoms with Crippen LogP contribution in [-0.2, 0) is 11.3 Å². The van der Waals surface area contributed by atoms with Crippen molar-refractivity contribution >= 4 is 6.09 Å². The number of nitrogens with one attached hydrogen (secondary N) is 1. The third-order valence-electron chi connectivity index (χ3n) is 6.39. The molecule has 1 aliphatic carbocycles. The molecule has 1 saturated carbocycles. The maximum absolute atomic E-state index is 15.3. The zero-order valence-corrected chi connectivity index (χ0v) is 18.7. The molecule has 4 rings (SSSR count). The van der Waals surface area contributed by atoms with Crippen LogP contribution in [0.25, 0.3) is 0 Å². The number of rotatable bonds is 8. The molecule has 172 valence electrons. The number of hydrogen-bond donors (Lipinski definition) is 1. The van der Waals surface area contributed by atoms with Gasteiger partial charge in [0.1, 0.15) is 23.8 Å². The lowest BCUT2D eigenvalue weighted by molar-refractivity contribution is 0.0407. The van der Waals surface area contributed by atoms with Gasteiger partial charge in [-0.25, -0.2) is 9.18 Å². The van der Waals surface area contributed by atoms with E-state index in [1.54, 1.807) is 37.3 Å². The topological polar surface area (TPSA) is 60.0 Å². The quantitative estimate of drug-likeness (QED) is 0.661. The van der Waals surface area contributed by atoms with Gasteiger partial charge < -0.3 is 24.4 Å². The molecule has 2 aromatic carbocycles. The van der Waals surface area contributed by atoms with Crippen LogP contribution in [0.3, 0.4) is 0 Å². The van der Waals surface area contributed by atoms with Crippen molar-refractivity contribution in [3.8, 4) is 11.5 Å². The Labute approximate surface area is 188 Å². The highest BCUT2D eigenvalue weighted by molar-refractivity contribution is 5.67. The van der Waals surface area contributed by atoms with Crippen molar-refractivity contribution in [2.75, 3.05) is 33.9 Å². The Kier molecular flexibility index (Phi) is 6.84. The first-order valence-corrected chi connectivity index (χ1v) is 11.1. The van der Waals surface area contributed by atoms with E-state index in [2.05, 4.69) is 17.4 Å². The molecule has 1 N–H and O–H groups in total. The predicted octanol–water partition coefficient (Wildman–Crippen LogP) is 4.29. The van der Waals surface area contributed by atoms with E-state index in [4.69, 9.17) is 14.2 Å². The first-order chi connectivity index (χ1) is 15.5. The molecule has 2 aliphatic rings. The Morgan fingerprint density at radius 3 is 2.38 bits per heavy atom. The van der Waals surface area contributed by atoms with Crippen molar-refractivity contribution in [2.24, 2.45) is 0 Å². The standard InChI is InChI=1S/C25H31FN2O4/c1-30-20-12-18(13-21(14-20)31-2)16-32-24(29)28-10-8-25(26,9-11-28)17-27-23-15-22(23)19-6-4-3-5-7-19/h3-7,12-14,22-23,27H,8-11,15-17H2,1-2H3. The lowest BCUT2D eigenvalue weighted by atomic mass is 9.93. The summed E-state index contributed by atoms with van der Waals surface area (Å²) in [5.74, 6) is 1.74. The number of amides is 1. The van der Waals surface area contributed by atoms with Crippen molar-refractivity contribution in [1.82, 2.24) is 10.2 Å². The van der Waals surface area contributed by atoms with Gasteiger partial charge in [-0.1, -0.05) is 30.3 Å². The molecule has 0 radical (unpaired) electrons. The molecular weight excluding hydrogens is 411 g/mol. The monoisotopic (exact) mass is 442 g/mol. The summed E-state index contributed by atoms with van der Waals surface area (Å²) in [5, 5.41) is 3.39. The molecule has 1 heterocycles. The Hall–Kier alpha value is -2.80. The van der Waals surface area contributed by atoms with Gasteiger partial charge >= 0.3 is 6.09 Å². The van der Waals surface area contributed by atoms with E-state index in [0.29, 0.717) is 55.9 Å². The third-order valence-corrected chi connectivity index (χ3v) is 6.39. The SMILES string of the molecule is COc1cc(COC(=O)N2CCC(F)(CNC3CC3c3ccccc3)CC2)cc(OC)c1. The number of piperidine rings is 1. The van der Waals surface area contributed by atoms with Gasteiger partial charge in [0.2, 0.25) is 0 Å². The smallest absolute Gasteiger partial charge is 0.410 e. The molecule has 2 fully saturated rings. The summed E-state index contributed by atoms with van der Waals surface area (Å²) >= 11 is 0. The molecule has 32 heavy (non-hydrogen) atoms. The summed E-state index contributed by atoms with van der Waals surface area (Å²) in [5.41, 5.74) is 0.790. The summed E-state index contributed by atoms with van der Waals surface area (Å²) in [6.45, 7) is 1.14. The van der Waals surface area contributed by atoms with E-state index in [0.717, 1.165) is 12.0 Å². The molecule has 1 saturated heterocycles. The number of alkyl halides is 1. The second-order valence-corrected chi connectivity index (χ2v) is 8.65. The minimum atomic E-state index is -1.29. The van der Waals surface area contributed by atoms with Gasteiger partial charge in [0.25, 0.3) is 0 Å². The van der Waals surface area contributed by atoms with E-state index >= 15 is 4.39 Å². The van der Waals surface area contributed by atoms with Crippen LogP contribution in [0.1, 0.15) is 36.3 Å². The number of ether oxygens (including phenoxy) is 3. The molecule has 2 unspecified atom stereocenters. The van der Waals surface area contributed by atoms with Crippen molar-refractivity contribution in [3.63, 3.8) is 0 Å². The van der Waals surface area contributed by atoms with Gasteiger partial charge in [0.05, 0.1) is 14.2 Å². The summed E-state index contributed by atoms with van der Waals surface area (Å²) in [4.78, 5) is 14.1. The fourth-order valence-electron chi connectivity index (χ4n) is 4.26. The highest BCUT2D eigenvalue weighted by atomic mass is 19.1. The first kappa shape index (κ1) is 22.4. The summed E-state index contributed by atoms with van der Waals surface area (Å²) in [6.07, 6.45) is 1.25. The Balaban J connectivity index is 1.21. The van der Waals surface area contributed by atoms with Crippen molar-refractivity contribution in [2.45, 2.75) is 43.5 Å². The maximum Gasteiger partial charge on any atom is 0.410 e. The number of hydrogen-bond acceptors (Lipinski definition) is 5. The van der Waals surface area contributed by atoms with E-state index in [-0.39, 0.29) is 6.61 Å². The first-order valence-electron chi connectivity index (χ1n) is 11.1. The molecule has 2 aromatic rings. The Bertz CT molecular complexity index is 893. The van der Waals surface area contributed by atoms with Gasteiger partial charge in [0.15, 0.2) is 0 Å². The summed E-state index contributed by atoms with van der Waals surface area (Å²) < 4.78 is 31.2. The lowest BCUT2D eigenvalue weighted by Crippen LogP contribution is -2.49. The molecule has 1 amide bonds. The average Bonchev–Trinajstić information content (AvgIpc) is 3.62. The van der Waals surface area contributed by atoms with Crippen LogP contribution in [0.4, 0.5) is 9.18 Å². The van der Waals surface area contributed by atoms with Crippen LogP contribution < -0.4 is 14.8 Å². The van der Waals surface area contributed by atoms with Crippen LogP contribution in [0.15, 0.2) is 48.5 Å². The van der Waals surface area contributed by atoms with Crippen LogP contribution in [0.2, 0.25) is 0 Å². The normalized spacial score (nSPS) is 21.7. The van der Waals surface area contributed by atoms with E-state index in [9.17, 15) is 4.79 Å². The fourth-order valence-corrected chi connectivity index (χ4v) is 4.26. The minimum Gasteiger partial charge on any atom is -0.497 e. The number of carbonyl (C=O) groups is 1. The number of benzene rings is 2. The second kappa shape index (κ2) is 9.77. The molecule has 1 aliphatic heterocycles. The number of carbonyl (C=O) groups excluding carboxylic acids is 1.